The zero-order chi connectivity index (χ0) is 25.4. The number of ether oxygens (including phenoxy) is 3. The Balaban J connectivity index is 1.44. The van der Waals surface area contributed by atoms with E-state index >= 15 is 0 Å². The third kappa shape index (κ3) is 5.52. The Hall–Kier alpha value is -3.30. The SMILES string of the molecule is COc1cc2c(cc1C(=O)N[C@H]1CCC(=O)NC1=O)CCC1(CCN(C(=O)OC(C)(C)C)CC1)O2. The minimum Gasteiger partial charge on any atom is -0.496 e. The smallest absolute Gasteiger partial charge is 0.410 e. The molecule has 1 spiro atoms. The van der Waals surface area contributed by atoms with Crippen molar-refractivity contribution in [1.82, 2.24) is 15.5 Å². The van der Waals surface area contributed by atoms with Gasteiger partial charge in [-0.1, -0.05) is 0 Å². The van der Waals surface area contributed by atoms with Gasteiger partial charge >= 0.3 is 6.09 Å². The molecule has 0 radical (unpaired) electrons. The Bertz CT molecular complexity index is 1040. The van der Waals surface area contributed by atoms with Crippen LogP contribution in [0.3, 0.4) is 0 Å². The number of fused-ring (bicyclic) bond motifs is 1. The normalized spacial score (nSPS) is 21.5. The predicted molar refractivity (Wildman–Crippen MR) is 125 cm³/mol. The van der Waals surface area contributed by atoms with E-state index in [1.807, 2.05) is 20.8 Å². The highest BCUT2D eigenvalue weighted by Crippen LogP contribution is 2.42. The third-order valence-corrected chi connectivity index (χ3v) is 6.67. The first-order valence-electron chi connectivity index (χ1n) is 12.0. The molecule has 0 unspecified atom stereocenters. The van der Waals surface area contributed by atoms with Crippen molar-refractivity contribution in [3.05, 3.63) is 23.3 Å². The summed E-state index contributed by atoms with van der Waals surface area (Å²) in [6, 6.07) is 2.70. The quantitative estimate of drug-likeness (QED) is 0.627. The zero-order valence-electron chi connectivity index (χ0n) is 20.7. The van der Waals surface area contributed by atoms with Crippen LogP contribution in [-0.2, 0) is 20.7 Å². The number of nitrogens with zero attached hydrogens (tertiary/aromatic N) is 1. The first kappa shape index (κ1) is 24.8. The molecule has 1 atom stereocenters. The standard InChI is InChI=1S/C25H33N3O7/c1-24(2,3)35-23(32)28-11-9-25(10-12-28)8-7-15-13-16(19(33-4)14-18(15)34-25)21(30)26-17-5-6-20(29)27-22(17)31/h13-14,17H,5-12H2,1-4H3,(H,26,30)(H,27,29,31)/t17-/m0/s1. The molecule has 2 N–H and O–H groups in total. The molecule has 3 aliphatic rings. The minimum absolute atomic E-state index is 0.180. The van der Waals surface area contributed by atoms with Gasteiger partial charge in [0.05, 0.1) is 12.7 Å². The number of imide groups is 1. The second kappa shape index (κ2) is 9.39. The Morgan fingerprint density at radius 3 is 2.49 bits per heavy atom. The van der Waals surface area contributed by atoms with Crippen LogP contribution in [0.2, 0.25) is 0 Å². The lowest BCUT2D eigenvalue weighted by Gasteiger charge is -2.44. The first-order chi connectivity index (χ1) is 16.5. The van der Waals surface area contributed by atoms with Crippen molar-refractivity contribution in [2.45, 2.75) is 76.5 Å². The summed E-state index contributed by atoms with van der Waals surface area (Å²) in [6.45, 7) is 6.65. The summed E-state index contributed by atoms with van der Waals surface area (Å²) in [5.74, 6) is -0.275. The number of piperidine rings is 2. The van der Waals surface area contributed by atoms with Crippen LogP contribution in [0.1, 0.15) is 68.8 Å². The van der Waals surface area contributed by atoms with Crippen LogP contribution in [0.15, 0.2) is 12.1 Å². The molecule has 2 saturated heterocycles. The number of likely N-dealkylation sites (tertiary alicyclic amines) is 1. The van der Waals surface area contributed by atoms with E-state index in [9.17, 15) is 19.2 Å². The van der Waals surface area contributed by atoms with Crippen LogP contribution in [0.4, 0.5) is 4.79 Å². The molecule has 10 nitrogen and oxygen atoms in total. The van der Waals surface area contributed by atoms with Gasteiger partial charge in [0, 0.05) is 38.4 Å². The maximum absolute atomic E-state index is 13.0. The van der Waals surface area contributed by atoms with Crippen molar-refractivity contribution in [1.29, 1.82) is 0 Å². The van der Waals surface area contributed by atoms with Gasteiger partial charge in [-0.05, 0) is 51.7 Å². The number of nitrogens with one attached hydrogen (secondary N) is 2. The topological polar surface area (TPSA) is 123 Å². The van der Waals surface area contributed by atoms with Gasteiger partial charge in [-0.2, -0.15) is 0 Å². The summed E-state index contributed by atoms with van der Waals surface area (Å²) in [6.07, 6.45) is 2.98. The molecular formula is C25H33N3O7. The van der Waals surface area contributed by atoms with E-state index in [1.54, 1.807) is 17.0 Å². The van der Waals surface area contributed by atoms with Crippen molar-refractivity contribution in [3.63, 3.8) is 0 Å². The van der Waals surface area contributed by atoms with E-state index in [2.05, 4.69) is 10.6 Å². The fraction of sp³-hybridized carbons (Fsp3) is 0.600. The molecule has 0 bridgehead atoms. The zero-order valence-corrected chi connectivity index (χ0v) is 20.7. The van der Waals surface area contributed by atoms with Crippen molar-refractivity contribution in [3.8, 4) is 11.5 Å². The Morgan fingerprint density at radius 1 is 1.14 bits per heavy atom. The van der Waals surface area contributed by atoms with Gasteiger partial charge in [0.15, 0.2) is 0 Å². The number of benzene rings is 1. The van der Waals surface area contributed by atoms with Gasteiger partial charge in [-0.3, -0.25) is 19.7 Å². The lowest BCUT2D eigenvalue weighted by molar-refractivity contribution is -0.134. The second-order valence-electron chi connectivity index (χ2n) is 10.4. The van der Waals surface area contributed by atoms with E-state index < -0.39 is 23.5 Å². The van der Waals surface area contributed by atoms with Crippen LogP contribution < -0.4 is 20.1 Å². The van der Waals surface area contributed by atoms with E-state index in [-0.39, 0.29) is 30.4 Å². The molecule has 10 heteroatoms. The maximum Gasteiger partial charge on any atom is 0.410 e. The Labute approximate surface area is 204 Å². The lowest BCUT2D eigenvalue weighted by Crippen LogP contribution is -2.52. The van der Waals surface area contributed by atoms with Crippen LogP contribution in [0.5, 0.6) is 11.5 Å². The first-order valence-corrected chi connectivity index (χ1v) is 12.0. The van der Waals surface area contributed by atoms with Crippen molar-refractivity contribution < 1.29 is 33.4 Å². The second-order valence-corrected chi connectivity index (χ2v) is 10.4. The van der Waals surface area contributed by atoms with Gasteiger partial charge in [0.2, 0.25) is 11.8 Å². The third-order valence-electron chi connectivity index (χ3n) is 6.67. The minimum atomic E-state index is -0.768. The van der Waals surface area contributed by atoms with Crippen molar-refractivity contribution >= 4 is 23.8 Å². The van der Waals surface area contributed by atoms with Crippen LogP contribution >= 0.6 is 0 Å². The monoisotopic (exact) mass is 487 g/mol. The number of hydrogen-bond acceptors (Lipinski definition) is 7. The Kier molecular flexibility index (Phi) is 6.66. The molecule has 0 saturated carbocycles. The molecule has 1 aromatic carbocycles. The fourth-order valence-electron chi connectivity index (χ4n) is 4.73. The molecule has 190 valence electrons. The summed E-state index contributed by atoms with van der Waals surface area (Å²) in [7, 11) is 1.47. The highest BCUT2D eigenvalue weighted by Gasteiger charge is 2.42. The maximum atomic E-state index is 13.0. The molecule has 4 rings (SSSR count). The van der Waals surface area contributed by atoms with Crippen LogP contribution in [0.25, 0.3) is 0 Å². The summed E-state index contributed by atoms with van der Waals surface area (Å²) >= 11 is 0. The number of amides is 4. The van der Waals surface area contributed by atoms with E-state index in [4.69, 9.17) is 14.2 Å². The molecular weight excluding hydrogens is 454 g/mol. The molecule has 1 aromatic rings. The number of methoxy groups -OCH3 is 1. The number of carbonyl (C=O) groups is 4. The molecule has 3 aliphatic heterocycles. The number of aryl methyl sites for hydroxylation is 1. The van der Waals surface area contributed by atoms with Crippen LogP contribution in [-0.4, -0.2) is 66.2 Å². The largest absolute Gasteiger partial charge is 0.496 e. The van der Waals surface area contributed by atoms with E-state index in [1.165, 1.54) is 7.11 Å². The number of hydrogen-bond donors (Lipinski definition) is 2. The summed E-state index contributed by atoms with van der Waals surface area (Å²) in [5, 5.41) is 4.94. The molecule has 2 fully saturated rings. The average molecular weight is 488 g/mol. The lowest BCUT2D eigenvalue weighted by atomic mass is 9.83. The van der Waals surface area contributed by atoms with Gasteiger partial charge in [-0.25, -0.2) is 4.79 Å². The Morgan fingerprint density at radius 2 is 1.86 bits per heavy atom. The molecule has 3 heterocycles. The summed E-state index contributed by atoms with van der Waals surface area (Å²) in [5.41, 5.74) is 0.285. The molecule has 4 amide bonds. The van der Waals surface area contributed by atoms with Crippen molar-refractivity contribution in [2.24, 2.45) is 0 Å². The highest BCUT2D eigenvalue weighted by molar-refractivity contribution is 6.04. The predicted octanol–water partition coefficient (Wildman–Crippen LogP) is 2.32. The van der Waals surface area contributed by atoms with E-state index in [0.29, 0.717) is 49.4 Å². The summed E-state index contributed by atoms with van der Waals surface area (Å²) < 4.78 is 17.4. The van der Waals surface area contributed by atoms with Gasteiger partial charge in [0.1, 0.15) is 28.7 Å². The van der Waals surface area contributed by atoms with Crippen LogP contribution in [0, 0.1) is 0 Å². The summed E-state index contributed by atoms with van der Waals surface area (Å²) in [4.78, 5) is 50.5. The van der Waals surface area contributed by atoms with Gasteiger partial charge in [-0.15, -0.1) is 0 Å². The van der Waals surface area contributed by atoms with Gasteiger partial charge < -0.3 is 24.4 Å². The van der Waals surface area contributed by atoms with Gasteiger partial charge in [0.25, 0.3) is 5.91 Å². The molecule has 35 heavy (non-hydrogen) atoms. The van der Waals surface area contributed by atoms with Crippen molar-refractivity contribution in [2.75, 3.05) is 20.2 Å². The fourth-order valence-corrected chi connectivity index (χ4v) is 4.73. The number of carbonyl (C=O) groups excluding carboxylic acids is 4. The van der Waals surface area contributed by atoms with E-state index in [0.717, 1.165) is 12.0 Å². The molecule has 0 aliphatic carbocycles. The number of rotatable bonds is 3. The molecule has 0 aromatic heterocycles. The average Bonchev–Trinajstić information content (AvgIpc) is 2.79. The highest BCUT2D eigenvalue weighted by atomic mass is 16.6.